The summed E-state index contributed by atoms with van der Waals surface area (Å²) in [4.78, 5) is 3.61. The van der Waals surface area contributed by atoms with Gasteiger partial charge in [0.05, 0.1) is 6.61 Å². The van der Waals surface area contributed by atoms with E-state index >= 15 is 0 Å². The van der Waals surface area contributed by atoms with E-state index in [0.717, 1.165) is 0 Å². The van der Waals surface area contributed by atoms with Crippen molar-refractivity contribution in [2.75, 3.05) is 0 Å². The summed E-state index contributed by atoms with van der Waals surface area (Å²) in [6, 6.07) is 2.71. The minimum Gasteiger partial charge on any atom is -0.265 e. The Morgan fingerprint density at radius 3 is 2.27 bits per heavy atom. The third-order valence-electron chi connectivity index (χ3n) is 1.41. The van der Waals surface area contributed by atoms with Gasteiger partial charge >= 0.3 is 15.6 Å². The highest BCUT2D eigenvalue weighted by Crippen LogP contribution is 2.25. The lowest BCUT2D eigenvalue weighted by atomic mass is 10.3. The monoisotopic (exact) mass is 241 g/mol. The zero-order valence-corrected chi connectivity index (χ0v) is 8.05. The molecule has 15 heavy (non-hydrogen) atoms. The van der Waals surface area contributed by atoms with Gasteiger partial charge in [0.15, 0.2) is 0 Å². The van der Waals surface area contributed by atoms with Crippen molar-refractivity contribution in [3.8, 4) is 0 Å². The highest BCUT2D eigenvalue weighted by Gasteiger charge is 2.47. The molecular formula is C7H6F3NO3S. The summed E-state index contributed by atoms with van der Waals surface area (Å²) in [7, 11) is -5.52. The van der Waals surface area contributed by atoms with Crippen LogP contribution in [-0.4, -0.2) is 18.9 Å². The smallest absolute Gasteiger partial charge is 0.265 e. The SMILES string of the molecule is O=S(=O)(OCc1ccncc1)C(F)(F)F. The molecule has 0 atom stereocenters. The van der Waals surface area contributed by atoms with E-state index in [1.54, 1.807) is 0 Å². The van der Waals surface area contributed by atoms with E-state index in [2.05, 4.69) is 9.17 Å². The van der Waals surface area contributed by atoms with E-state index in [-0.39, 0.29) is 5.56 Å². The molecule has 0 amide bonds. The van der Waals surface area contributed by atoms with Gasteiger partial charge in [0, 0.05) is 12.4 Å². The van der Waals surface area contributed by atoms with E-state index in [0.29, 0.717) is 0 Å². The fraction of sp³-hybridized carbons (Fsp3) is 0.286. The number of alkyl halides is 3. The number of hydrogen-bond acceptors (Lipinski definition) is 4. The molecule has 0 unspecified atom stereocenters. The van der Waals surface area contributed by atoms with Crippen LogP contribution in [0.1, 0.15) is 5.56 Å². The molecule has 0 aliphatic carbocycles. The van der Waals surface area contributed by atoms with Crippen LogP contribution in [0.5, 0.6) is 0 Å². The van der Waals surface area contributed by atoms with Crippen LogP contribution in [0.2, 0.25) is 0 Å². The highest BCUT2D eigenvalue weighted by molar-refractivity contribution is 7.87. The van der Waals surface area contributed by atoms with Gasteiger partial charge in [-0.2, -0.15) is 21.6 Å². The van der Waals surface area contributed by atoms with E-state index in [9.17, 15) is 21.6 Å². The van der Waals surface area contributed by atoms with Gasteiger partial charge in [-0.15, -0.1) is 0 Å². The molecular weight excluding hydrogens is 235 g/mol. The number of hydrogen-bond donors (Lipinski definition) is 0. The van der Waals surface area contributed by atoms with Crippen LogP contribution in [0.25, 0.3) is 0 Å². The lowest BCUT2D eigenvalue weighted by molar-refractivity contribution is -0.0547. The zero-order valence-electron chi connectivity index (χ0n) is 7.23. The molecule has 0 fully saturated rings. The summed E-state index contributed by atoms with van der Waals surface area (Å²) in [6.07, 6.45) is 2.64. The first-order valence-electron chi connectivity index (χ1n) is 3.67. The van der Waals surface area contributed by atoms with Gasteiger partial charge < -0.3 is 0 Å². The lowest BCUT2D eigenvalue weighted by Crippen LogP contribution is -2.25. The molecule has 0 radical (unpaired) electrons. The van der Waals surface area contributed by atoms with Crippen LogP contribution in [-0.2, 0) is 20.9 Å². The van der Waals surface area contributed by atoms with E-state index in [1.165, 1.54) is 24.5 Å². The average molecular weight is 241 g/mol. The number of aromatic nitrogens is 1. The fourth-order valence-electron chi connectivity index (χ4n) is 0.691. The molecule has 1 aromatic heterocycles. The molecule has 1 aromatic rings. The minimum absolute atomic E-state index is 0.290. The van der Waals surface area contributed by atoms with Crippen molar-refractivity contribution in [3.63, 3.8) is 0 Å². The maximum Gasteiger partial charge on any atom is 0.523 e. The molecule has 0 aliphatic rings. The Hall–Kier alpha value is -1.15. The Labute approximate surface area is 83.8 Å². The summed E-state index contributed by atoms with van der Waals surface area (Å²) in [5.41, 5.74) is -5.10. The van der Waals surface area contributed by atoms with E-state index in [1.807, 2.05) is 0 Å². The van der Waals surface area contributed by atoms with E-state index in [4.69, 9.17) is 0 Å². The van der Waals surface area contributed by atoms with Crippen LogP contribution in [0.4, 0.5) is 13.2 Å². The van der Waals surface area contributed by atoms with Gasteiger partial charge in [-0.1, -0.05) is 0 Å². The van der Waals surface area contributed by atoms with Gasteiger partial charge in [-0.3, -0.25) is 9.17 Å². The standard InChI is InChI=1S/C7H6F3NO3S/c8-7(9,10)15(12,13)14-5-6-1-3-11-4-2-6/h1-4H,5H2. The van der Waals surface area contributed by atoms with Crippen LogP contribution in [0, 0.1) is 0 Å². The fourth-order valence-corrected chi connectivity index (χ4v) is 1.12. The number of halogens is 3. The Kier molecular flexibility index (Phi) is 3.30. The first-order chi connectivity index (χ1) is 6.83. The first-order valence-corrected chi connectivity index (χ1v) is 5.08. The van der Waals surface area contributed by atoms with Crippen molar-refractivity contribution in [2.24, 2.45) is 0 Å². The molecule has 4 nitrogen and oxygen atoms in total. The first kappa shape index (κ1) is 11.9. The Morgan fingerprint density at radius 1 is 1.27 bits per heavy atom. The van der Waals surface area contributed by atoms with Gasteiger partial charge in [-0.05, 0) is 17.7 Å². The van der Waals surface area contributed by atoms with Crippen molar-refractivity contribution >= 4 is 10.1 Å². The molecule has 1 heterocycles. The Morgan fingerprint density at radius 2 is 1.80 bits per heavy atom. The number of pyridine rings is 1. The van der Waals surface area contributed by atoms with Crippen molar-refractivity contribution in [1.29, 1.82) is 0 Å². The third kappa shape index (κ3) is 3.17. The third-order valence-corrected chi connectivity index (χ3v) is 2.41. The van der Waals surface area contributed by atoms with Gasteiger partial charge in [0.25, 0.3) is 0 Å². The zero-order chi connectivity index (χ0) is 11.5. The van der Waals surface area contributed by atoms with Gasteiger partial charge in [0.2, 0.25) is 0 Å². The van der Waals surface area contributed by atoms with Gasteiger partial charge in [0.1, 0.15) is 0 Å². The van der Waals surface area contributed by atoms with Crippen molar-refractivity contribution in [2.45, 2.75) is 12.1 Å². The maximum absolute atomic E-state index is 11.8. The summed E-state index contributed by atoms with van der Waals surface area (Å²) in [5, 5.41) is 0. The van der Waals surface area contributed by atoms with Crippen molar-refractivity contribution < 1.29 is 25.8 Å². The molecule has 8 heteroatoms. The highest BCUT2D eigenvalue weighted by atomic mass is 32.2. The topological polar surface area (TPSA) is 56.3 Å². The minimum atomic E-state index is -5.52. The molecule has 0 N–H and O–H groups in total. The number of rotatable bonds is 3. The molecule has 84 valence electrons. The predicted molar refractivity (Wildman–Crippen MR) is 44.0 cm³/mol. The van der Waals surface area contributed by atoms with Crippen LogP contribution in [0.15, 0.2) is 24.5 Å². The molecule has 0 aromatic carbocycles. The summed E-state index contributed by atoms with van der Waals surface area (Å²) < 4.78 is 60.2. The van der Waals surface area contributed by atoms with Crippen LogP contribution >= 0.6 is 0 Å². The van der Waals surface area contributed by atoms with Gasteiger partial charge in [-0.25, -0.2) is 0 Å². The van der Waals surface area contributed by atoms with Crippen LogP contribution in [0.3, 0.4) is 0 Å². The normalized spacial score (nSPS) is 12.7. The molecule has 0 saturated carbocycles. The second-order valence-corrected chi connectivity index (χ2v) is 4.12. The molecule has 1 rings (SSSR count). The predicted octanol–water partition coefficient (Wildman–Crippen LogP) is 1.45. The average Bonchev–Trinajstić information content (AvgIpc) is 2.15. The Bertz CT molecular complexity index is 415. The lowest BCUT2D eigenvalue weighted by Gasteiger charge is -2.07. The molecule has 0 spiro atoms. The quantitative estimate of drug-likeness (QED) is 0.593. The summed E-state index contributed by atoms with van der Waals surface area (Å²) in [5.74, 6) is 0. The second kappa shape index (κ2) is 4.15. The molecule has 0 bridgehead atoms. The maximum atomic E-state index is 11.8. The molecule has 0 saturated heterocycles. The van der Waals surface area contributed by atoms with Crippen LogP contribution < -0.4 is 0 Å². The number of nitrogens with zero attached hydrogens (tertiary/aromatic N) is 1. The van der Waals surface area contributed by atoms with Crippen molar-refractivity contribution in [3.05, 3.63) is 30.1 Å². The summed E-state index contributed by atoms with van der Waals surface area (Å²) >= 11 is 0. The Balaban J connectivity index is 2.67. The largest absolute Gasteiger partial charge is 0.523 e. The summed E-state index contributed by atoms with van der Waals surface area (Å²) in [6.45, 7) is -0.662. The van der Waals surface area contributed by atoms with Crippen molar-refractivity contribution in [1.82, 2.24) is 4.98 Å². The van der Waals surface area contributed by atoms with E-state index < -0.39 is 22.2 Å². The molecule has 0 aliphatic heterocycles. The second-order valence-electron chi connectivity index (χ2n) is 2.52.